The number of rotatable bonds is 13. The number of halogens is 9. The maximum absolute atomic E-state index is 13.6. The van der Waals surface area contributed by atoms with Gasteiger partial charge < -0.3 is 28.4 Å². The molecule has 20 nitrogen and oxygen atoms in total. The molecular formula is C52H49BrCl2F6N8O12. The van der Waals surface area contributed by atoms with Crippen LogP contribution in [0.5, 0.6) is 35.0 Å². The van der Waals surface area contributed by atoms with E-state index < -0.39 is 64.8 Å². The lowest BCUT2D eigenvalue weighted by Crippen LogP contribution is -2.42. The van der Waals surface area contributed by atoms with E-state index in [9.17, 15) is 55.1 Å². The zero-order valence-corrected chi connectivity index (χ0v) is 47.1. The van der Waals surface area contributed by atoms with Gasteiger partial charge in [-0.1, -0.05) is 75.5 Å². The minimum Gasteiger partial charge on any atom is -0.459 e. The van der Waals surface area contributed by atoms with Crippen LogP contribution in [0.25, 0.3) is 22.3 Å². The van der Waals surface area contributed by atoms with Gasteiger partial charge in [-0.05, 0) is 101 Å². The molecule has 0 fully saturated rings. The van der Waals surface area contributed by atoms with Crippen LogP contribution in [0.4, 0.5) is 26.3 Å². The third-order valence-electron chi connectivity index (χ3n) is 10.4. The molecule has 0 saturated heterocycles. The van der Waals surface area contributed by atoms with Crippen LogP contribution < -0.4 is 41.4 Å². The summed E-state index contributed by atoms with van der Waals surface area (Å²) in [5, 5.41) is 1.26. The average molecular weight is 1240 g/mol. The van der Waals surface area contributed by atoms with E-state index in [0.29, 0.717) is 15.6 Å². The molecule has 0 aliphatic rings. The Labute approximate surface area is 473 Å². The summed E-state index contributed by atoms with van der Waals surface area (Å²) in [4.78, 5) is 85.0. The third-order valence-corrected chi connectivity index (χ3v) is 11.4. The van der Waals surface area contributed by atoms with Crippen molar-refractivity contribution in [3.63, 3.8) is 0 Å². The number of hydrogen-bond acceptors (Lipinski definition) is 14. The molecule has 0 saturated carbocycles. The van der Waals surface area contributed by atoms with E-state index >= 15 is 0 Å². The van der Waals surface area contributed by atoms with E-state index in [4.69, 9.17) is 42.1 Å². The van der Waals surface area contributed by atoms with Gasteiger partial charge in [-0.3, -0.25) is 42.4 Å². The first-order chi connectivity index (χ1) is 37.7. The van der Waals surface area contributed by atoms with Crippen LogP contribution in [-0.2, 0) is 52.8 Å². The molecule has 4 heterocycles. The first kappa shape index (κ1) is 62.2. The van der Waals surface area contributed by atoms with Crippen LogP contribution in [0.15, 0.2) is 116 Å². The van der Waals surface area contributed by atoms with Gasteiger partial charge in [0.2, 0.25) is 0 Å². The number of benzene rings is 4. The van der Waals surface area contributed by atoms with E-state index in [1.165, 1.54) is 47.5 Å². The van der Waals surface area contributed by atoms with Crippen LogP contribution >= 0.6 is 39.1 Å². The molecule has 81 heavy (non-hydrogen) atoms. The fraction of sp³-hybridized carbons (Fsp3) is 0.308. The van der Waals surface area contributed by atoms with Crippen LogP contribution in [0, 0.1) is 0 Å². The second-order valence-corrected chi connectivity index (χ2v) is 20.6. The molecule has 432 valence electrons. The zero-order chi connectivity index (χ0) is 59.9. The molecule has 0 unspecified atom stereocenters. The molecule has 8 rings (SSSR count). The highest BCUT2D eigenvalue weighted by Crippen LogP contribution is 2.32. The summed E-state index contributed by atoms with van der Waals surface area (Å²) in [5.74, 6) is -2.12. The Morgan fingerprint density at radius 3 is 1.40 bits per heavy atom. The second-order valence-electron chi connectivity index (χ2n) is 19.2. The van der Waals surface area contributed by atoms with Crippen molar-refractivity contribution in [3.8, 4) is 35.0 Å². The van der Waals surface area contributed by atoms with Gasteiger partial charge in [0.15, 0.2) is 22.3 Å². The molecule has 0 radical (unpaired) electrons. The number of aromatic amines is 1. The van der Waals surface area contributed by atoms with Gasteiger partial charge in [-0.25, -0.2) is 14.2 Å². The van der Waals surface area contributed by atoms with Crippen LogP contribution in [0.2, 0.25) is 10.0 Å². The highest BCUT2D eigenvalue weighted by Gasteiger charge is 2.33. The molecule has 0 aliphatic heterocycles. The molecule has 29 heteroatoms. The predicted molar refractivity (Wildman–Crippen MR) is 288 cm³/mol. The van der Waals surface area contributed by atoms with Gasteiger partial charge in [0.1, 0.15) is 46.1 Å². The summed E-state index contributed by atoms with van der Waals surface area (Å²) < 4.78 is 111. The lowest BCUT2D eigenvalue weighted by atomic mass is 10.2. The number of hydrogen-bond donors (Lipinski definition) is 1. The number of alkyl halides is 7. The van der Waals surface area contributed by atoms with Crippen LogP contribution in [0.3, 0.4) is 0 Å². The molecule has 4 aromatic carbocycles. The third kappa shape index (κ3) is 17.5. The van der Waals surface area contributed by atoms with Crippen molar-refractivity contribution in [1.82, 2.24) is 37.8 Å². The van der Waals surface area contributed by atoms with Gasteiger partial charge in [0, 0.05) is 36.3 Å². The Kier molecular flexibility index (Phi) is 19.3. The summed E-state index contributed by atoms with van der Waals surface area (Å²) in [6.45, 7) is 9.93. The smallest absolute Gasteiger partial charge is 0.459 e. The van der Waals surface area contributed by atoms with E-state index in [0.717, 1.165) is 43.5 Å². The zero-order valence-electron chi connectivity index (χ0n) is 44.0. The quantitative estimate of drug-likeness (QED) is 0.0644. The number of imidazole rings is 2. The van der Waals surface area contributed by atoms with Crippen molar-refractivity contribution in [3.05, 3.63) is 160 Å². The Balaban J connectivity index is 0.000000230. The van der Waals surface area contributed by atoms with E-state index in [1.807, 2.05) is 20.8 Å². The van der Waals surface area contributed by atoms with Gasteiger partial charge in [-0.15, -0.1) is 26.3 Å². The maximum Gasteiger partial charge on any atom is 0.573 e. The molecule has 0 bridgehead atoms. The minimum atomic E-state index is -4.92. The Hall–Kier alpha value is -8.04. The number of fused-ring (bicyclic) bond motifs is 2. The van der Waals surface area contributed by atoms with Crippen LogP contribution in [-0.4, -0.2) is 79.0 Å². The first-order valence-electron chi connectivity index (χ1n) is 23.6. The largest absolute Gasteiger partial charge is 0.573 e. The SMILES string of the molecule is CC(C)(C)OC(=O)CBr.Cn1c(=O)[nH]c(=O)c2c1nc(Oc1cccc(OC(F)(F)F)c1)n2Cc1ccc(Cl)cc1.Cn1c(=O)n(CC(=O)OC(C)(C)C)c(=O)c2c1nc(Oc1cccc(OC(F)(F)F)c1)n2Cc1ccc(Cl)cc1. The number of aromatic nitrogens is 8. The standard InChI is InChI=1S/C26H24ClF3N4O6.C20H14ClF3N4O4.C6H11BrO2/c1-25(2,3)40-19(35)14-34-22(36)20-21(32(4)24(34)37)31-23(33(20)13-15-8-10-16(27)11-9-15)38-17-6-5-7-18(12-17)39-26(28,29)30;1-27-16-15(17(29)26-18(27)30)28(10-11-5-7-12(21)8-6-11)19(25-16)31-13-3-2-4-14(9-13)32-20(22,23)24;1-6(2,3)9-5(8)4-7/h5-12H,13-14H2,1-4H3;2-9H,10H2,1H3,(H,26,29,30);4H2,1-3H3. The highest BCUT2D eigenvalue weighted by atomic mass is 79.9. The van der Waals surface area contributed by atoms with Crippen LogP contribution in [0.1, 0.15) is 52.7 Å². The van der Waals surface area contributed by atoms with Crippen molar-refractivity contribution in [2.75, 3.05) is 5.33 Å². The van der Waals surface area contributed by atoms with Gasteiger partial charge in [-0.2, -0.15) is 9.97 Å². The lowest BCUT2D eigenvalue weighted by Gasteiger charge is -2.19. The summed E-state index contributed by atoms with van der Waals surface area (Å²) in [6, 6.07) is 22.7. The van der Waals surface area contributed by atoms with E-state index in [1.54, 1.807) is 69.3 Å². The summed E-state index contributed by atoms with van der Waals surface area (Å²) in [7, 11) is 2.78. The van der Waals surface area contributed by atoms with Crippen molar-refractivity contribution in [2.45, 2.75) is 85.1 Å². The number of nitrogens with one attached hydrogen (secondary N) is 1. The molecular weight excluding hydrogens is 1190 g/mol. The molecule has 8 aromatic rings. The Morgan fingerprint density at radius 2 is 0.988 bits per heavy atom. The number of nitrogens with zero attached hydrogens (tertiary/aromatic N) is 7. The van der Waals surface area contributed by atoms with Crippen molar-refractivity contribution in [2.24, 2.45) is 14.1 Å². The summed E-state index contributed by atoms with van der Waals surface area (Å²) in [6.07, 6.45) is -9.79. The lowest BCUT2D eigenvalue weighted by molar-refractivity contribution is -0.275. The molecule has 4 aromatic heterocycles. The molecule has 0 amide bonds. The number of carbonyl (C=O) groups excluding carboxylic acids is 2. The number of aryl methyl sites for hydroxylation is 2. The number of H-pyrrole nitrogens is 1. The first-order valence-corrected chi connectivity index (χ1v) is 25.5. The fourth-order valence-corrected chi connectivity index (χ4v) is 7.62. The van der Waals surface area contributed by atoms with Crippen molar-refractivity contribution < 1.29 is 64.4 Å². The molecule has 0 aliphatic carbocycles. The normalized spacial score (nSPS) is 11.8. The second kappa shape index (κ2) is 25.2. The maximum atomic E-state index is 13.6. The number of ether oxygens (including phenoxy) is 6. The molecule has 0 atom stereocenters. The molecule has 0 spiro atoms. The minimum absolute atomic E-state index is 0.00161. The topological polar surface area (TPSA) is 224 Å². The fourth-order valence-electron chi connectivity index (χ4n) is 7.25. The summed E-state index contributed by atoms with van der Waals surface area (Å²) >= 11 is 14.9. The summed E-state index contributed by atoms with van der Waals surface area (Å²) in [5.41, 5.74) is -2.88. The predicted octanol–water partition coefficient (Wildman–Crippen LogP) is 10.2. The Bertz CT molecular complexity index is 3820. The average Bonchev–Trinajstić information content (AvgIpc) is 4.15. The van der Waals surface area contributed by atoms with Gasteiger partial charge >= 0.3 is 48.1 Å². The van der Waals surface area contributed by atoms with Crippen molar-refractivity contribution in [1.29, 1.82) is 0 Å². The van der Waals surface area contributed by atoms with Gasteiger partial charge in [0.05, 0.1) is 13.1 Å². The molecule has 1 N–H and O–H groups in total. The van der Waals surface area contributed by atoms with E-state index in [2.05, 4.69) is 40.4 Å². The van der Waals surface area contributed by atoms with Gasteiger partial charge in [0.25, 0.3) is 11.1 Å². The van der Waals surface area contributed by atoms with Crippen molar-refractivity contribution >= 4 is 73.4 Å². The Morgan fingerprint density at radius 1 is 0.580 bits per heavy atom. The number of esters is 2. The highest BCUT2D eigenvalue weighted by molar-refractivity contribution is 9.09. The monoisotopic (exact) mass is 1240 g/mol. The number of carbonyl (C=O) groups is 2. The van der Waals surface area contributed by atoms with E-state index in [-0.39, 0.29) is 75.8 Å².